The van der Waals surface area contributed by atoms with Gasteiger partial charge in [-0.2, -0.15) is 0 Å². The Balaban J connectivity index is 2.06. The number of hydrogen-bond donors (Lipinski definition) is 1. The smallest absolute Gasteiger partial charge is 0.264 e. The van der Waals surface area contributed by atoms with Crippen molar-refractivity contribution < 1.29 is 22.4 Å². The van der Waals surface area contributed by atoms with Crippen LogP contribution in [-0.4, -0.2) is 44.3 Å². The first-order valence-corrected chi connectivity index (χ1v) is 14.0. The molecule has 0 aliphatic carbocycles. The van der Waals surface area contributed by atoms with Crippen molar-refractivity contribution in [3.05, 3.63) is 95.3 Å². The van der Waals surface area contributed by atoms with Crippen molar-refractivity contribution in [1.29, 1.82) is 0 Å². The molecule has 7 nitrogen and oxygen atoms in total. The Morgan fingerprint density at radius 2 is 1.58 bits per heavy atom. The van der Waals surface area contributed by atoms with Gasteiger partial charge in [-0.15, -0.1) is 0 Å². The predicted molar refractivity (Wildman–Crippen MR) is 147 cm³/mol. The molecule has 0 aliphatic heterocycles. The van der Waals surface area contributed by atoms with Crippen molar-refractivity contribution in [2.45, 2.75) is 51.6 Å². The summed E-state index contributed by atoms with van der Waals surface area (Å²) in [6.07, 6.45) is 0.313. The Kier molecular flexibility index (Phi) is 9.63. The molecule has 0 aromatic heterocycles. The minimum Gasteiger partial charge on any atom is -0.355 e. The standard InChI is InChI=1S/C29H34FN3O4S/c1-5-27(29(35)31-6-2)32(19-23-13-15-24(30)16-14-23)28(34)20-33(25-17-12-21(3)22(4)18-25)38(36,37)26-10-8-7-9-11-26/h7-18,27H,5-6,19-20H2,1-4H3,(H,31,35). The van der Waals surface area contributed by atoms with Gasteiger partial charge in [0.05, 0.1) is 10.6 Å². The highest BCUT2D eigenvalue weighted by molar-refractivity contribution is 7.92. The largest absolute Gasteiger partial charge is 0.355 e. The molecule has 202 valence electrons. The summed E-state index contributed by atoms with van der Waals surface area (Å²) in [5, 5.41) is 2.76. The Morgan fingerprint density at radius 3 is 2.16 bits per heavy atom. The van der Waals surface area contributed by atoms with Crippen LogP contribution >= 0.6 is 0 Å². The first kappa shape index (κ1) is 28.8. The molecular weight excluding hydrogens is 505 g/mol. The maximum atomic E-state index is 13.9. The molecule has 38 heavy (non-hydrogen) atoms. The fourth-order valence-corrected chi connectivity index (χ4v) is 5.55. The van der Waals surface area contributed by atoms with Crippen LogP contribution in [0.3, 0.4) is 0 Å². The van der Waals surface area contributed by atoms with Crippen molar-refractivity contribution in [1.82, 2.24) is 10.2 Å². The van der Waals surface area contributed by atoms with Crippen LogP contribution in [0.2, 0.25) is 0 Å². The Morgan fingerprint density at radius 1 is 0.921 bits per heavy atom. The Hall–Kier alpha value is -3.72. The van der Waals surface area contributed by atoms with E-state index >= 15 is 0 Å². The number of benzene rings is 3. The van der Waals surface area contributed by atoms with E-state index in [1.165, 1.54) is 29.2 Å². The van der Waals surface area contributed by atoms with Gasteiger partial charge >= 0.3 is 0 Å². The van der Waals surface area contributed by atoms with Crippen LogP contribution in [0.4, 0.5) is 10.1 Å². The lowest BCUT2D eigenvalue weighted by atomic mass is 10.1. The number of sulfonamides is 1. The van der Waals surface area contributed by atoms with Gasteiger partial charge in [0.2, 0.25) is 11.8 Å². The maximum Gasteiger partial charge on any atom is 0.264 e. The molecule has 3 rings (SSSR count). The van der Waals surface area contributed by atoms with E-state index in [1.807, 2.05) is 19.9 Å². The summed E-state index contributed by atoms with van der Waals surface area (Å²) in [5.41, 5.74) is 2.82. The monoisotopic (exact) mass is 539 g/mol. The van der Waals surface area contributed by atoms with E-state index in [4.69, 9.17) is 0 Å². The molecule has 3 aromatic carbocycles. The summed E-state index contributed by atoms with van der Waals surface area (Å²) in [4.78, 5) is 28.2. The lowest BCUT2D eigenvalue weighted by Gasteiger charge is -2.33. The fraction of sp³-hybridized carbons (Fsp3) is 0.310. The lowest BCUT2D eigenvalue weighted by Crippen LogP contribution is -2.52. The number of anilines is 1. The summed E-state index contributed by atoms with van der Waals surface area (Å²) in [6.45, 7) is 7.24. The summed E-state index contributed by atoms with van der Waals surface area (Å²) in [6, 6.07) is 17.9. The highest BCUT2D eigenvalue weighted by atomic mass is 32.2. The van der Waals surface area contributed by atoms with Crippen molar-refractivity contribution in [2.75, 3.05) is 17.4 Å². The first-order chi connectivity index (χ1) is 18.1. The number of carbonyl (C=O) groups is 2. The SMILES string of the molecule is CCNC(=O)C(CC)N(Cc1ccc(F)cc1)C(=O)CN(c1ccc(C)c(C)c1)S(=O)(=O)c1ccccc1. The number of carbonyl (C=O) groups excluding carboxylic acids is 2. The molecule has 0 fully saturated rings. The van der Waals surface area contributed by atoms with E-state index < -0.39 is 34.3 Å². The van der Waals surface area contributed by atoms with E-state index in [1.54, 1.807) is 56.3 Å². The molecule has 9 heteroatoms. The average Bonchev–Trinajstić information content (AvgIpc) is 2.90. The summed E-state index contributed by atoms with van der Waals surface area (Å²) in [5.74, 6) is -1.31. The molecule has 1 N–H and O–H groups in total. The molecule has 1 unspecified atom stereocenters. The van der Waals surface area contributed by atoms with Gasteiger partial charge in [-0.3, -0.25) is 13.9 Å². The topological polar surface area (TPSA) is 86.8 Å². The number of nitrogens with one attached hydrogen (secondary N) is 1. The highest BCUT2D eigenvalue weighted by Crippen LogP contribution is 2.26. The van der Waals surface area contributed by atoms with Crippen molar-refractivity contribution >= 4 is 27.5 Å². The van der Waals surface area contributed by atoms with E-state index in [9.17, 15) is 22.4 Å². The summed E-state index contributed by atoms with van der Waals surface area (Å²) < 4.78 is 42.2. The minimum absolute atomic E-state index is 0.0148. The molecular formula is C29H34FN3O4S. The second-order valence-electron chi connectivity index (χ2n) is 9.06. The van der Waals surface area contributed by atoms with Crippen molar-refractivity contribution in [3.63, 3.8) is 0 Å². The zero-order valence-corrected chi connectivity index (χ0v) is 23.0. The molecule has 0 heterocycles. The van der Waals surface area contributed by atoms with E-state index in [0.717, 1.165) is 15.4 Å². The molecule has 3 aromatic rings. The van der Waals surface area contributed by atoms with Crippen LogP contribution in [0.5, 0.6) is 0 Å². The number of nitrogens with zero attached hydrogens (tertiary/aromatic N) is 2. The number of halogens is 1. The third kappa shape index (κ3) is 6.77. The number of amides is 2. The average molecular weight is 540 g/mol. The highest BCUT2D eigenvalue weighted by Gasteiger charge is 2.33. The van der Waals surface area contributed by atoms with Gasteiger partial charge in [0.1, 0.15) is 18.4 Å². The van der Waals surface area contributed by atoms with Crippen LogP contribution in [0, 0.1) is 19.7 Å². The van der Waals surface area contributed by atoms with Crippen LogP contribution < -0.4 is 9.62 Å². The van der Waals surface area contributed by atoms with Gasteiger partial charge < -0.3 is 10.2 Å². The second kappa shape index (κ2) is 12.7. The van der Waals surface area contributed by atoms with Crippen LogP contribution in [-0.2, 0) is 26.2 Å². The number of hydrogen-bond acceptors (Lipinski definition) is 4. The normalized spacial score (nSPS) is 12.0. The fourth-order valence-electron chi connectivity index (χ4n) is 4.13. The molecule has 0 saturated heterocycles. The Labute approximate surface area is 224 Å². The molecule has 0 radical (unpaired) electrons. The van der Waals surface area contributed by atoms with Crippen LogP contribution in [0.25, 0.3) is 0 Å². The molecule has 1 atom stereocenters. The number of rotatable bonds is 11. The third-order valence-electron chi connectivity index (χ3n) is 6.39. The number of likely N-dealkylation sites (N-methyl/N-ethyl adjacent to an activating group) is 1. The molecule has 0 bridgehead atoms. The van der Waals surface area contributed by atoms with Crippen molar-refractivity contribution in [3.8, 4) is 0 Å². The summed E-state index contributed by atoms with van der Waals surface area (Å²) in [7, 11) is -4.12. The quantitative estimate of drug-likeness (QED) is 0.387. The first-order valence-electron chi connectivity index (χ1n) is 12.5. The van der Waals surface area contributed by atoms with E-state index in [0.29, 0.717) is 24.2 Å². The summed E-state index contributed by atoms with van der Waals surface area (Å²) >= 11 is 0. The van der Waals surface area contributed by atoms with Crippen molar-refractivity contribution in [2.24, 2.45) is 0 Å². The molecule has 0 spiro atoms. The van der Waals surface area contributed by atoms with Crippen LogP contribution in [0.1, 0.15) is 37.0 Å². The molecule has 0 aliphatic rings. The second-order valence-corrected chi connectivity index (χ2v) is 10.9. The lowest BCUT2D eigenvalue weighted by molar-refractivity contribution is -0.140. The van der Waals surface area contributed by atoms with Gasteiger partial charge in [0.25, 0.3) is 10.0 Å². The zero-order valence-electron chi connectivity index (χ0n) is 22.1. The third-order valence-corrected chi connectivity index (χ3v) is 8.18. The maximum absolute atomic E-state index is 13.9. The Bertz CT molecular complexity index is 1360. The predicted octanol–water partition coefficient (Wildman–Crippen LogP) is 4.58. The number of aryl methyl sites for hydroxylation is 2. The van der Waals surface area contributed by atoms with E-state index in [2.05, 4.69) is 5.32 Å². The van der Waals surface area contributed by atoms with Crippen LogP contribution in [0.15, 0.2) is 77.7 Å². The van der Waals surface area contributed by atoms with Gasteiger partial charge in [-0.25, -0.2) is 12.8 Å². The molecule has 0 saturated carbocycles. The van der Waals surface area contributed by atoms with Gasteiger partial charge in [-0.05, 0) is 80.3 Å². The van der Waals surface area contributed by atoms with Gasteiger partial charge in [0, 0.05) is 13.1 Å². The zero-order chi connectivity index (χ0) is 27.9. The van der Waals surface area contributed by atoms with Gasteiger partial charge in [-0.1, -0.05) is 43.3 Å². The van der Waals surface area contributed by atoms with E-state index in [-0.39, 0.29) is 17.3 Å². The minimum atomic E-state index is -4.12. The van der Waals surface area contributed by atoms with Gasteiger partial charge in [0.15, 0.2) is 0 Å². The molecule has 2 amide bonds.